The van der Waals surface area contributed by atoms with Crippen LogP contribution >= 0.6 is 0 Å². The van der Waals surface area contributed by atoms with Crippen molar-refractivity contribution in [2.75, 3.05) is 0 Å². The lowest BCUT2D eigenvalue weighted by atomic mass is 10.1. The second kappa shape index (κ2) is 4.71. The molecule has 0 rings (SSSR count). The summed E-state index contributed by atoms with van der Waals surface area (Å²) < 4.78 is 0. The van der Waals surface area contributed by atoms with Crippen LogP contribution in [0.15, 0.2) is 0 Å². The second-order valence-corrected chi connectivity index (χ2v) is 2.80. The molecule has 0 aliphatic heterocycles. The molecular weight excluding hydrogens is 148 g/mol. The average Bonchev–Trinajstić information content (AvgIpc) is 1.86. The predicted molar refractivity (Wildman–Crippen MR) is 40.1 cm³/mol. The fourth-order valence-electron chi connectivity index (χ4n) is 0.794. The quantitative estimate of drug-likeness (QED) is 0.344. The molecule has 0 fully saturated rings. The number of carbonyl (C=O) groups is 2. The van der Waals surface area contributed by atoms with E-state index in [2.05, 4.69) is 5.32 Å². The van der Waals surface area contributed by atoms with Crippen molar-refractivity contribution in [1.29, 1.82) is 0 Å². The van der Waals surface area contributed by atoms with Crippen molar-refractivity contribution < 1.29 is 14.7 Å². The van der Waals surface area contributed by atoms with Crippen LogP contribution in [0.2, 0.25) is 0 Å². The zero-order chi connectivity index (χ0) is 8.85. The predicted octanol–water partition coefficient (Wildman–Crippen LogP) is 0.232. The van der Waals surface area contributed by atoms with Gasteiger partial charge in [-0.3, -0.25) is 4.79 Å². The van der Waals surface area contributed by atoms with Gasteiger partial charge in [-0.15, -0.1) is 0 Å². The van der Waals surface area contributed by atoms with E-state index >= 15 is 0 Å². The van der Waals surface area contributed by atoms with Gasteiger partial charge < -0.3 is 10.4 Å². The van der Waals surface area contributed by atoms with Crippen molar-refractivity contribution in [3.8, 4) is 0 Å². The van der Waals surface area contributed by atoms with Crippen molar-refractivity contribution in [3.63, 3.8) is 0 Å². The van der Waals surface area contributed by atoms with E-state index in [-0.39, 0.29) is 5.92 Å². The van der Waals surface area contributed by atoms with Gasteiger partial charge in [0.2, 0.25) is 6.41 Å². The third-order valence-corrected chi connectivity index (χ3v) is 1.27. The highest BCUT2D eigenvalue weighted by Gasteiger charge is 2.16. The van der Waals surface area contributed by atoms with Gasteiger partial charge in [0.05, 0.1) is 0 Å². The van der Waals surface area contributed by atoms with Crippen LogP contribution in [0.5, 0.6) is 0 Å². The van der Waals surface area contributed by atoms with Gasteiger partial charge in [-0.25, -0.2) is 4.79 Å². The van der Waals surface area contributed by atoms with E-state index in [1.807, 2.05) is 13.8 Å². The Morgan fingerprint density at radius 1 is 1.64 bits per heavy atom. The minimum Gasteiger partial charge on any atom is -0.480 e. The smallest absolute Gasteiger partial charge is 0.326 e. The molecule has 0 aromatic rings. The number of amides is 1. The van der Waals surface area contributed by atoms with E-state index < -0.39 is 12.0 Å². The maximum Gasteiger partial charge on any atom is 0.326 e. The van der Waals surface area contributed by atoms with Crippen LogP contribution in [0.4, 0.5) is 0 Å². The fraction of sp³-hybridized carbons (Fsp3) is 0.714. The van der Waals surface area contributed by atoms with Gasteiger partial charge in [-0.1, -0.05) is 13.8 Å². The number of carboxylic acid groups (broad SMARTS) is 1. The van der Waals surface area contributed by atoms with Crippen LogP contribution in [0.25, 0.3) is 0 Å². The van der Waals surface area contributed by atoms with Gasteiger partial charge in [-0.2, -0.15) is 0 Å². The molecule has 0 saturated heterocycles. The third kappa shape index (κ3) is 4.36. The van der Waals surface area contributed by atoms with Crippen molar-refractivity contribution in [2.45, 2.75) is 26.3 Å². The molecule has 0 aromatic heterocycles. The van der Waals surface area contributed by atoms with E-state index in [0.29, 0.717) is 12.8 Å². The lowest BCUT2D eigenvalue weighted by Gasteiger charge is -2.12. The van der Waals surface area contributed by atoms with E-state index in [4.69, 9.17) is 5.11 Å². The summed E-state index contributed by atoms with van der Waals surface area (Å²) in [5.41, 5.74) is 0. The number of aliphatic carboxylic acids is 1. The van der Waals surface area contributed by atoms with Crippen LogP contribution < -0.4 is 5.32 Å². The van der Waals surface area contributed by atoms with Gasteiger partial charge in [-0.05, 0) is 12.3 Å². The Labute approximate surface area is 65.6 Å². The van der Waals surface area contributed by atoms with Gasteiger partial charge in [0.1, 0.15) is 6.04 Å². The van der Waals surface area contributed by atoms with Gasteiger partial charge >= 0.3 is 5.97 Å². The summed E-state index contributed by atoms with van der Waals surface area (Å²) in [6, 6.07) is -0.743. The van der Waals surface area contributed by atoms with Crippen molar-refractivity contribution in [2.24, 2.45) is 5.92 Å². The Morgan fingerprint density at radius 2 is 2.18 bits per heavy atom. The maximum atomic E-state index is 10.4. The summed E-state index contributed by atoms with van der Waals surface area (Å²) in [4.78, 5) is 20.3. The molecule has 64 valence electrons. The summed E-state index contributed by atoms with van der Waals surface area (Å²) in [6.07, 6.45) is 0.884. The van der Waals surface area contributed by atoms with Crippen LogP contribution in [0, 0.1) is 5.92 Å². The Hall–Kier alpha value is -1.06. The zero-order valence-corrected chi connectivity index (χ0v) is 6.70. The molecule has 0 aromatic carbocycles. The lowest BCUT2D eigenvalue weighted by Crippen LogP contribution is -2.36. The molecule has 11 heavy (non-hydrogen) atoms. The Kier molecular flexibility index (Phi) is 4.26. The third-order valence-electron chi connectivity index (χ3n) is 1.27. The van der Waals surface area contributed by atoms with E-state index in [0.717, 1.165) is 0 Å². The Morgan fingerprint density at radius 3 is 2.45 bits per heavy atom. The summed E-state index contributed by atoms with van der Waals surface area (Å²) >= 11 is 0. The fourth-order valence-corrected chi connectivity index (χ4v) is 0.794. The molecule has 0 heterocycles. The van der Waals surface area contributed by atoms with Crippen molar-refractivity contribution in [1.82, 2.24) is 5.32 Å². The first kappa shape index (κ1) is 9.94. The van der Waals surface area contributed by atoms with E-state index in [9.17, 15) is 9.59 Å². The topological polar surface area (TPSA) is 66.4 Å². The summed E-state index contributed by atoms with van der Waals surface area (Å²) in [5.74, 6) is -0.714. The number of carboxylic acids is 1. The highest BCUT2D eigenvalue weighted by molar-refractivity contribution is 5.76. The molecular formula is C7H13NO3. The first-order valence-corrected chi connectivity index (χ1v) is 3.50. The Balaban J connectivity index is 3.88. The van der Waals surface area contributed by atoms with Crippen LogP contribution in [0.3, 0.4) is 0 Å². The highest BCUT2D eigenvalue weighted by atomic mass is 16.4. The van der Waals surface area contributed by atoms with Gasteiger partial charge in [0.25, 0.3) is 0 Å². The molecule has 0 unspecified atom stereocenters. The van der Waals surface area contributed by atoms with Gasteiger partial charge in [0.15, 0.2) is 0 Å². The van der Waals surface area contributed by atoms with E-state index in [1.165, 1.54) is 0 Å². The number of carbonyl (C=O) groups excluding carboxylic acids is 1. The second-order valence-electron chi connectivity index (χ2n) is 2.80. The Bertz CT molecular complexity index is 145. The van der Waals surface area contributed by atoms with Gasteiger partial charge in [0, 0.05) is 0 Å². The first-order chi connectivity index (χ1) is 5.07. The summed E-state index contributed by atoms with van der Waals surface area (Å²) in [6.45, 7) is 3.81. The molecule has 1 amide bonds. The standard InChI is InChI=1S/C7H13NO3/c1-5(2)3-6(7(10)11)8-4-9/h4-6H,3H2,1-2H3,(H,8,9)(H,10,11)/t6-/m0/s1/i4+1,8+1. The van der Waals surface area contributed by atoms with Crippen LogP contribution in [-0.4, -0.2) is 23.5 Å². The maximum absolute atomic E-state index is 10.4. The molecule has 4 heteroatoms. The molecule has 0 radical (unpaired) electrons. The number of rotatable bonds is 5. The normalized spacial score (nSPS) is 12.6. The molecule has 0 aliphatic rings. The lowest BCUT2D eigenvalue weighted by molar-refractivity contribution is -0.141. The molecule has 0 aliphatic carbocycles. The highest BCUT2D eigenvalue weighted by Crippen LogP contribution is 2.03. The van der Waals surface area contributed by atoms with Crippen LogP contribution in [-0.2, 0) is 9.59 Å². The average molecular weight is 161 g/mol. The summed E-state index contributed by atoms with van der Waals surface area (Å²) in [7, 11) is 0. The first-order valence-electron chi connectivity index (χ1n) is 3.50. The molecule has 0 bridgehead atoms. The van der Waals surface area contributed by atoms with Crippen molar-refractivity contribution >= 4 is 12.4 Å². The molecule has 1 atom stereocenters. The molecule has 0 spiro atoms. The largest absolute Gasteiger partial charge is 0.480 e. The monoisotopic (exact) mass is 161 g/mol. The molecule has 2 N–H and O–H groups in total. The van der Waals surface area contributed by atoms with E-state index in [1.54, 1.807) is 0 Å². The minimum absolute atomic E-state index is 0.267. The number of hydrogen-bond donors (Lipinski definition) is 2. The minimum atomic E-state index is -0.981. The molecule has 4 nitrogen and oxygen atoms in total. The number of hydrogen-bond acceptors (Lipinski definition) is 2. The number of nitrogens with one attached hydrogen (secondary N) is 1. The zero-order valence-electron chi connectivity index (χ0n) is 6.70. The SMILES string of the molecule is CC(C)C[C@H]([15NH][13CH]=O)C(=O)O. The van der Waals surface area contributed by atoms with Crippen molar-refractivity contribution in [3.05, 3.63) is 0 Å². The molecule has 0 saturated carbocycles. The summed E-state index contributed by atoms with van der Waals surface area (Å²) in [5, 5.41) is 10.8. The van der Waals surface area contributed by atoms with Crippen LogP contribution in [0.1, 0.15) is 20.3 Å².